The average Bonchev–Trinajstić information content (AvgIpc) is 2.95. The third kappa shape index (κ3) is 3.70. The zero-order chi connectivity index (χ0) is 16.6. The van der Waals surface area contributed by atoms with Crippen LogP contribution >= 0.6 is 28.7 Å². The zero-order valence-electron chi connectivity index (χ0n) is 13.1. The number of rotatable bonds is 4. The molecule has 24 heavy (non-hydrogen) atoms. The SMILES string of the molecule is Br.COc1ccc(OC)c(C=NN2C(=N)SC3CS(=O)(=O)CC32)c1. The van der Waals surface area contributed by atoms with Gasteiger partial charge in [0.15, 0.2) is 15.0 Å². The van der Waals surface area contributed by atoms with Crippen LogP contribution in [0.3, 0.4) is 0 Å². The van der Waals surface area contributed by atoms with Crippen LogP contribution in [0.25, 0.3) is 0 Å². The summed E-state index contributed by atoms with van der Waals surface area (Å²) in [6, 6.07) is 5.06. The summed E-state index contributed by atoms with van der Waals surface area (Å²) >= 11 is 1.26. The molecular weight excluding hydrogens is 418 g/mol. The van der Waals surface area contributed by atoms with Crippen molar-refractivity contribution in [3.05, 3.63) is 23.8 Å². The van der Waals surface area contributed by atoms with E-state index < -0.39 is 9.84 Å². The number of hydrogen-bond donors (Lipinski definition) is 1. The second-order valence-electron chi connectivity index (χ2n) is 5.30. The van der Waals surface area contributed by atoms with Crippen molar-refractivity contribution in [2.75, 3.05) is 25.7 Å². The van der Waals surface area contributed by atoms with Gasteiger partial charge in [-0.2, -0.15) is 5.10 Å². The first-order valence-electron chi connectivity index (χ1n) is 6.94. The highest BCUT2D eigenvalue weighted by Crippen LogP contribution is 2.37. The molecule has 2 fully saturated rings. The highest BCUT2D eigenvalue weighted by Gasteiger charge is 2.48. The monoisotopic (exact) mass is 435 g/mol. The third-order valence-electron chi connectivity index (χ3n) is 3.82. The lowest BCUT2D eigenvalue weighted by atomic mass is 10.2. The van der Waals surface area contributed by atoms with Crippen LogP contribution in [0.15, 0.2) is 23.3 Å². The van der Waals surface area contributed by atoms with Crippen molar-refractivity contribution in [3.63, 3.8) is 0 Å². The van der Waals surface area contributed by atoms with Gasteiger partial charge in [0.1, 0.15) is 11.5 Å². The van der Waals surface area contributed by atoms with Crippen LogP contribution in [0.1, 0.15) is 5.56 Å². The largest absolute Gasteiger partial charge is 0.497 e. The molecule has 10 heteroatoms. The molecule has 2 aliphatic rings. The summed E-state index contributed by atoms with van der Waals surface area (Å²) in [6.07, 6.45) is 1.57. The first-order valence-corrected chi connectivity index (χ1v) is 9.64. The number of ether oxygens (including phenoxy) is 2. The lowest BCUT2D eigenvalue weighted by Gasteiger charge is -2.17. The minimum absolute atomic E-state index is 0. The maximum absolute atomic E-state index is 11.8. The van der Waals surface area contributed by atoms with Gasteiger partial charge in [0, 0.05) is 10.8 Å². The lowest BCUT2D eigenvalue weighted by Crippen LogP contribution is -2.32. The van der Waals surface area contributed by atoms with Gasteiger partial charge in [-0.15, -0.1) is 17.0 Å². The molecule has 0 aliphatic carbocycles. The normalized spacial score (nSPS) is 24.8. The maximum Gasteiger partial charge on any atom is 0.177 e. The molecule has 0 saturated carbocycles. The van der Waals surface area contributed by atoms with Crippen molar-refractivity contribution in [1.29, 1.82) is 5.41 Å². The minimum Gasteiger partial charge on any atom is -0.497 e. The third-order valence-corrected chi connectivity index (χ3v) is 6.94. The fourth-order valence-electron chi connectivity index (χ4n) is 2.69. The maximum atomic E-state index is 11.8. The van der Waals surface area contributed by atoms with E-state index in [2.05, 4.69) is 5.10 Å². The number of nitrogens with zero attached hydrogens (tertiary/aromatic N) is 2. The van der Waals surface area contributed by atoms with Gasteiger partial charge in [0.25, 0.3) is 0 Å². The number of methoxy groups -OCH3 is 2. The molecule has 0 spiro atoms. The number of benzene rings is 1. The summed E-state index contributed by atoms with van der Waals surface area (Å²) in [5.41, 5.74) is 0.703. The van der Waals surface area contributed by atoms with Gasteiger partial charge in [-0.1, -0.05) is 11.8 Å². The number of sulfone groups is 1. The predicted octanol–water partition coefficient (Wildman–Crippen LogP) is 1.76. The Hall–Kier alpha value is -1.26. The van der Waals surface area contributed by atoms with E-state index in [0.29, 0.717) is 17.1 Å². The van der Waals surface area contributed by atoms with Gasteiger partial charge < -0.3 is 9.47 Å². The standard InChI is InChI=1S/C14H17N3O4S2.BrH/c1-20-10-3-4-12(21-2)9(5-10)6-16-17-11-7-23(18,19)8-13(11)22-14(17)15;/h3-6,11,13,15H,7-8H2,1-2H3;1H. The Kier molecular flexibility index (Phi) is 5.82. The van der Waals surface area contributed by atoms with E-state index in [9.17, 15) is 8.42 Å². The molecular formula is C14H18BrN3O4S2. The van der Waals surface area contributed by atoms with E-state index >= 15 is 0 Å². The Bertz CT molecular complexity index is 769. The van der Waals surface area contributed by atoms with Crippen molar-refractivity contribution in [2.45, 2.75) is 11.3 Å². The molecule has 2 saturated heterocycles. The fourth-order valence-corrected chi connectivity index (χ4v) is 6.40. The Labute approximate surface area is 155 Å². The van der Waals surface area contributed by atoms with Crippen LogP contribution < -0.4 is 9.47 Å². The second-order valence-corrected chi connectivity index (χ2v) is 8.68. The topological polar surface area (TPSA) is 92.1 Å². The van der Waals surface area contributed by atoms with E-state index in [-0.39, 0.29) is 44.9 Å². The summed E-state index contributed by atoms with van der Waals surface area (Å²) in [5.74, 6) is 1.45. The van der Waals surface area contributed by atoms with Crippen molar-refractivity contribution in [1.82, 2.24) is 5.01 Å². The average molecular weight is 436 g/mol. The summed E-state index contributed by atoms with van der Waals surface area (Å²) in [7, 11) is 0.0889. The number of nitrogens with one attached hydrogen (secondary N) is 1. The van der Waals surface area contributed by atoms with E-state index in [0.717, 1.165) is 0 Å². The first-order chi connectivity index (χ1) is 10.9. The van der Waals surface area contributed by atoms with Crippen LogP contribution in [0.4, 0.5) is 0 Å². The molecule has 132 valence electrons. The molecule has 2 heterocycles. The van der Waals surface area contributed by atoms with Crippen LogP contribution in [-0.2, 0) is 9.84 Å². The van der Waals surface area contributed by atoms with Crippen LogP contribution in [0.2, 0.25) is 0 Å². The molecule has 2 aliphatic heterocycles. The molecule has 0 radical (unpaired) electrons. The van der Waals surface area contributed by atoms with Crippen LogP contribution in [0.5, 0.6) is 11.5 Å². The summed E-state index contributed by atoms with van der Waals surface area (Å²) in [4.78, 5) is 0. The molecule has 1 aromatic rings. The Morgan fingerprint density at radius 1 is 1.33 bits per heavy atom. The molecule has 1 N–H and O–H groups in total. The fraction of sp³-hybridized carbons (Fsp3) is 0.429. The Morgan fingerprint density at radius 3 is 2.75 bits per heavy atom. The van der Waals surface area contributed by atoms with Crippen LogP contribution in [0, 0.1) is 5.41 Å². The number of thioether (sulfide) groups is 1. The highest BCUT2D eigenvalue weighted by atomic mass is 79.9. The van der Waals surface area contributed by atoms with Gasteiger partial charge in [-0.05, 0) is 18.2 Å². The number of hydrazone groups is 1. The van der Waals surface area contributed by atoms with Gasteiger partial charge in [-0.3, -0.25) is 5.41 Å². The zero-order valence-corrected chi connectivity index (χ0v) is 16.5. The molecule has 3 rings (SSSR count). The van der Waals surface area contributed by atoms with E-state index in [1.54, 1.807) is 38.6 Å². The number of fused-ring (bicyclic) bond motifs is 1. The number of hydrogen-bond acceptors (Lipinski definition) is 7. The van der Waals surface area contributed by atoms with Crippen molar-refractivity contribution >= 4 is 50.0 Å². The molecule has 1 aromatic carbocycles. The van der Waals surface area contributed by atoms with Gasteiger partial charge in [0.2, 0.25) is 0 Å². The smallest absolute Gasteiger partial charge is 0.177 e. The van der Waals surface area contributed by atoms with Gasteiger partial charge in [-0.25, -0.2) is 13.4 Å². The predicted molar refractivity (Wildman–Crippen MR) is 101 cm³/mol. The van der Waals surface area contributed by atoms with Crippen LogP contribution in [-0.4, -0.2) is 61.8 Å². The Balaban J connectivity index is 0.00000208. The number of amidine groups is 1. The summed E-state index contributed by atoms with van der Waals surface area (Å²) < 4.78 is 34.0. The van der Waals surface area contributed by atoms with Crippen molar-refractivity contribution in [2.24, 2.45) is 5.10 Å². The summed E-state index contributed by atoms with van der Waals surface area (Å²) in [5, 5.41) is 14.0. The van der Waals surface area contributed by atoms with E-state index in [1.807, 2.05) is 0 Å². The second kappa shape index (κ2) is 7.32. The highest BCUT2D eigenvalue weighted by molar-refractivity contribution is 8.93. The molecule has 2 unspecified atom stereocenters. The Morgan fingerprint density at radius 2 is 2.08 bits per heavy atom. The van der Waals surface area contributed by atoms with Gasteiger partial charge >= 0.3 is 0 Å². The summed E-state index contributed by atoms with van der Waals surface area (Å²) in [6.45, 7) is 0. The number of halogens is 1. The van der Waals surface area contributed by atoms with Crippen molar-refractivity contribution in [3.8, 4) is 11.5 Å². The quantitative estimate of drug-likeness (QED) is 0.724. The van der Waals surface area contributed by atoms with E-state index in [1.165, 1.54) is 16.8 Å². The first kappa shape index (κ1) is 19.1. The van der Waals surface area contributed by atoms with E-state index in [4.69, 9.17) is 14.9 Å². The minimum atomic E-state index is -3.05. The van der Waals surface area contributed by atoms with Gasteiger partial charge in [0.05, 0.1) is 38.0 Å². The van der Waals surface area contributed by atoms with Crippen molar-refractivity contribution < 1.29 is 17.9 Å². The molecule has 7 nitrogen and oxygen atoms in total. The molecule has 0 bridgehead atoms. The molecule has 0 aromatic heterocycles. The lowest BCUT2D eigenvalue weighted by molar-refractivity contribution is 0.375. The molecule has 2 atom stereocenters. The molecule has 0 amide bonds.